The molecule has 1 heterocycles. The molecule has 1 saturated heterocycles. The number of nitrogens with zero attached hydrogens (tertiary/aromatic N) is 2. The Labute approximate surface area is 108 Å². The number of nitriles is 1. The van der Waals surface area contributed by atoms with E-state index in [0.29, 0.717) is 17.3 Å². The molecule has 0 spiro atoms. The van der Waals surface area contributed by atoms with Crippen LogP contribution in [0.4, 0.5) is 11.4 Å². The molecule has 0 amide bonds. The van der Waals surface area contributed by atoms with Gasteiger partial charge in [-0.05, 0) is 51.1 Å². The van der Waals surface area contributed by atoms with E-state index >= 15 is 0 Å². The molecule has 1 aromatic carbocycles. The Morgan fingerprint density at radius 2 is 2.17 bits per heavy atom. The van der Waals surface area contributed by atoms with E-state index in [9.17, 15) is 0 Å². The Kier molecular flexibility index (Phi) is 4.06. The average Bonchev–Trinajstić information content (AvgIpc) is 2.90. The van der Waals surface area contributed by atoms with Crippen LogP contribution in [0.2, 0.25) is 0 Å². The van der Waals surface area contributed by atoms with Crippen LogP contribution in [0.15, 0.2) is 18.2 Å². The molecule has 4 nitrogen and oxygen atoms in total. The summed E-state index contributed by atoms with van der Waals surface area (Å²) in [5, 5.41) is 12.2. The van der Waals surface area contributed by atoms with Crippen LogP contribution in [0.3, 0.4) is 0 Å². The molecule has 1 aliphatic rings. The van der Waals surface area contributed by atoms with E-state index in [4.69, 9.17) is 11.0 Å². The largest absolute Gasteiger partial charge is 0.398 e. The summed E-state index contributed by atoms with van der Waals surface area (Å²) in [4.78, 5) is 2.50. The monoisotopic (exact) mass is 244 g/mol. The Balaban J connectivity index is 1.90. The molecule has 4 heteroatoms. The quantitative estimate of drug-likeness (QED) is 0.795. The van der Waals surface area contributed by atoms with Crippen molar-refractivity contribution < 1.29 is 0 Å². The summed E-state index contributed by atoms with van der Waals surface area (Å²) >= 11 is 0. The minimum Gasteiger partial charge on any atom is -0.398 e. The molecular weight excluding hydrogens is 224 g/mol. The second-order valence-corrected chi connectivity index (χ2v) is 4.89. The summed E-state index contributed by atoms with van der Waals surface area (Å²) in [5.41, 5.74) is 7.84. The second-order valence-electron chi connectivity index (χ2n) is 4.89. The van der Waals surface area contributed by atoms with Gasteiger partial charge in [0.1, 0.15) is 6.07 Å². The van der Waals surface area contributed by atoms with E-state index < -0.39 is 0 Å². The van der Waals surface area contributed by atoms with E-state index in [2.05, 4.69) is 23.2 Å². The lowest BCUT2D eigenvalue weighted by molar-refractivity contribution is 0.269. The summed E-state index contributed by atoms with van der Waals surface area (Å²) in [7, 11) is 0. The number of nitrogens with one attached hydrogen (secondary N) is 1. The molecule has 96 valence electrons. The van der Waals surface area contributed by atoms with E-state index in [1.807, 2.05) is 12.1 Å². The van der Waals surface area contributed by atoms with E-state index in [1.54, 1.807) is 6.07 Å². The molecule has 0 radical (unpaired) electrons. The lowest BCUT2D eigenvalue weighted by Gasteiger charge is -2.24. The number of rotatable bonds is 4. The molecule has 1 atom stereocenters. The topological polar surface area (TPSA) is 65.1 Å². The molecule has 0 bridgehead atoms. The van der Waals surface area contributed by atoms with Crippen molar-refractivity contribution in [2.75, 3.05) is 30.7 Å². The second kappa shape index (κ2) is 5.74. The van der Waals surface area contributed by atoms with Gasteiger partial charge in [0, 0.05) is 18.3 Å². The highest BCUT2D eigenvalue weighted by molar-refractivity contribution is 5.62. The van der Waals surface area contributed by atoms with Gasteiger partial charge in [-0.15, -0.1) is 0 Å². The SMILES string of the molecule is CC(CNc1ccc(C#N)c(N)c1)N1CCCC1. The van der Waals surface area contributed by atoms with Crippen molar-refractivity contribution in [2.24, 2.45) is 0 Å². The van der Waals surface area contributed by atoms with Crippen molar-refractivity contribution in [1.82, 2.24) is 4.90 Å². The van der Waals surface area contributed by atoms with Crippen LogP contribution < -0.4 is 11.1 Å². The van der Waals surface area contributed by atoms with Gasteiger partial charge in [0.15, 0.2) is 0 Å². The molecule has 1 fully saturated rings. The highest BCUT2D eigenvalue weighted by Gasteiger charge is 2.17. The summed E-state index contributed by atoms with van der Waals surface area (Å²) in [6.07, 6.45) is 2.63. The Hall–Kier alpha value is -1.73. The van der Waals surface area contributed by atoms with Gasteiger partial charge < -0.3 is 11.1 Å². The molecule has 0 aromatic heterocycles. The zero-order valence-electron chi connectivity index (χ0n) is 10.8. The van der Waals surface area contributed by atoms with Crippen LogP contribution in [-0.4, -0.2) is 30.6 Å². The van der Waals surface area contributed by atoms with Crippen molar-refractivity contribution in [3.63, 3.8) is 0 Å². The summed E-state index contributed by atoms with van der Waals surface area (Å²) < 4.78 is 0. The molecule has 0 aliphatic carbocycles. The predicted molar refractivity (Wildman–Crippen MR) is 74.3 cm³/mol. The van der Waals surface area contributed by atoms with Gasteiger partial charge >= 0.3 is 0 Å². The molecule has 1 aliphatic heterocycles. The van der Waals surface area contributed by atoms with Crippen LogP contribution in [0.1, 0.15) is 25.3 Å². The van der Waals surface area contributed by atoms with Crippen molar-refractivity contribution >= 4 is 11.4 Å². The van der Waals surface area contributed by atoms with Gasteiger partial charge in [-0.3, -0.25) is 4.90 Å². The highest BCUT2D eigenvalue weighted by Crippen LogP contribution is 2.18. The fraction of sp³-hybridized carbons (Fsp3) is 0.500. The van der Waals surface area contributed by atoms with Gasteiger partial charge in [-0.25, -0.2) is 0 Å². The van der Waals surface area contributed by atoms with Gasteiger partial charge in [-0.2, -0.15) is 5.26 Å². The van der Waals surface area contributed by atoms with E-state index in [1.165, 1.54) is 25.9 Å². The third-order valence-corrected chi connectivity index (χ3v) is 3.54. The predicted octanol–water partition coefficient (Wildman–Crippen LogP) is 2.04. The lowest BCUT2D eigenvalue weighted by atomic mass is 10.1. The summed E-state index contributed by atoms with van der Waals surface area (Å²) in [6, 6.07) is 8.10. The zero-order valence-corrected chi connectivity index (χ0v) is 10.8. The Morgan fingerprint density at radius 3 is 2.78 bits per heavy atom. The average molecular weight is 244 g/mol. The van der Waals surface area contributed by atoms with E-state index in [-0.39, 0.29) is 0 Å². The molecule has 1 unspecified atom stereocenters. The van der Waals surface area contributed by atoms with Crippen molar-refractivity contribution in [1.29, 1.82) is 5.26 Å². The van der Waals surface area contributed by atoms with Crippen molar-refractivity contribution in [3.05, 3.63) is 23.8 Å². The molecule has 18 heavy (non-hydrogen) atoms. The number of anilines is 2. The van der Waals surface area contributed by atoms with Crippen LogP contribution in [-0.2, 0) is 0 Å². The Bertz CT molecular complexity index is 444. The number of nitrogens with two attached hydrogens (primary N) is 1. The number of hydrogen-bond acceptors (Lipinski definition) is 4. The standard InChI is InChI=1S/C14H20N4/c1-11(18-6-2-3-7-18)10-17-13-5-4-12(9-15)14(16)8-13/h4-5,8,11,17H,2-3,6-7,10,16H2,1H3. The number of hydrogen-bond donors (Lipinski definition) is 2. The minimum atomic E-state index is 0.532. The highest BCUT2D eigenvalue weighted by atomic mass is 15.2. The van der Waals surface area contributed by atoms with Crippen molar-refractivity contribution in [3.8, 4) is 6.07 Å². The molecule has 2 rings (SSSR count). The first kappa shape index (κ1) is 12.7. The summed E-state index contributed by atoms with van der Waals surface area (Å²) in [6.45, 7) is 5.56. The third-order valence-electron chi connectivity index (χ3n) is 3.54. The fourth-order valence-corrected chi connectivity index (χ4v) is 2.35. The first-order chi connectivity index (χ1) is 8.70. The molecule has 1 aromatic rings. The maximum absolute atomic E-state index is 8.81. The normalized spacial score (nSPS) is 17.3. The third kappa shape index (κ3) is 2.93. The lowest BCUT2D eigenvalue weighted by Crippen LogP contribution is -2.35. The van der Waals surface area contributed by atoms with Crippen LogP contribution in [0, 0.1) is 11.3 Å². The number of likely N-dealkylation sites (tertiary alicyclic amines) is 1. The van der Waals surface area contributed by atoms with Crippen LogP contribution in [0.5, 0.6) is 0 Å². The summed E-state index contributed by atoms with van der Waals surface area (Å²) in [5.74, 6) is 0. The van der Waals surface area contributed by atoms with Gasteiger partial charge in [0.05, 0.1) is 11.3 Å². The Morgan fingerprint density at radius 1 is 1.44 bits per heavy atom. The first-order valence-corrected chi connectivity index (χ1v) is 6.48. The number of nitrogen functional groups attached to an aromatic ring is 1. The van der Waals surface area contributed by atoms with Crippen molar-refractivity contribution in [2.45, 2.75) is 25.8 Å². The molecular formula is C14H20N4. The maximum Gasteiger partial charge on any atom is 0.101 e. The maximum atomic E-state index is 8.81. The van der Waals surface area contributed by atoms with Crippen LogP contribution in [0.25, 0.3) is 0 Å². The first-order valence-electron chi connectivity index (χ1n) is 6.48. The van der Waals surface area contributed by atoms with E-state index in [0.717, 1.165) is 12.2 Å². The van der Waals surface area contributed by atoms with Gasteiger partial charge in [0.2, 0.25) is 0 Å². The zero-order chi connectivity index (χ0) is 13.0. The molecule has 0 saturated carbocycles. The molecule has 3 N–H and O–H groups in total. The van der Waals surface area contributed by atoms with Gasteiger partial charge in [0.25, 0.3) is 0 Å². The smallest absolute Gasteiger partial charge is 0.101 e. The fourth-order valence-electron chi connectivity index (χ4n) is 2.35. The van der Waals surface area contributed by atoms with Gasteiger partial charge in [-0.1, -0.05) is 0 Å². The van der Waals surface area contributed by atoms with Crippen LogP contribution >= 0.6 is 0 Å². The minimum absolute atomic E-state index is 0.532. The number of benzene rings is 1.